The van der Waals surface area contributed by atoms with Crippen LogP contribution in [0.2, 0.25) is 0 Å². The number of aromatic amines is 1. The van der Waals surface area contributed by atoms with Gasteiger partial charge in [0.05, 0.1) is 0 Å². The van der Waals surface area contributed by atoms with E-state index in [0.29, 0.717) is 5.88 Å². The Morgan fingerprint density at radius 3 is 2.57 bits per heavy atom. The zero-order valence-corrected chi connectivity index (χ0v) is 9.50. The van der Waals surface area contributed by atoms with Crippen LogP contribution in [0.1, 0.15) is 22.4 Å². The van der Waals surface area contributed by atoms with Gasteiger partial charge in [0.2, 0.25) is 0 Å². The first kappa shape index (κ1) is 9.60. The molecular formula is C12H14ClN. The van der Waals surface area contributed by atoms with Crippen LogP contribution >= 0.6 is 11.6 Å². The molecule has 0 aliphatic rings. The van der Waals surface area contributed by atoms with Gasteiger partial charge in [0, 0.05) is 22.5 Å². The van der Waals surface area contributed by atoms with E-state index in [1.54, 1.807) is 0 Å². The number of rotatable bonds is 1. The Kier molecular flexibility index (Phi) is 2.28. The van der Waals surface area contributed by atoms with E-state index in [2.05, 4.69) is 37.9 Å². The lowest BCUT2D eigenvalue weighted by Crippen LogP contribution is -1.84. The van der Waals surface area contributed by atoms with Crippen molar-refractivity contribution in [1.82, 2.24) is 4.98 Å². The molecule has 0 fully saturated rings. The zero-order chi connectivity index (χ0) is 10.3. The summed E-state index contributed by atoms with van der Waals surface area (Å²) in [6, 6.07) is 4.27. The van der Waals surface area contributed by atoms with Crippen LogP contribution in [0.4, 0.5) is 0 Å². The normalized spacial score (nSPS) is 11.1. The smallest absolute Gasteiger partial charge is 0.0498 e. The van der Waals surface area contributed by atoms with Crippen molar-refractivity contribution in [2.24, 2.45) is 0 Å². The summed E-state index contributed by atoms with van der Waals surface area (Å²) < 4.78 is 0. The highest BCUT2D eigenvalue weighted by atomic mass is 35.5. The summed E-state index contributed by atoms with van der Waals surface area (Å²) in [4.78, 5) is 3.36. The van der Waals surface area contributed by atoms with Crippen molar-refractivity contribution in [3.63, 3.8) is 0 Å². The average molecular weight is 208 g/mol. The molecule has 1 aromatic heterocycles. The highest BCUT2D eigenvalue weighted by Crippen LogP contribution is 2.28. The second-order valence-electron chi connectivity index (χ2n) is 3.79. The molecule has 0 spiro atoms. The predicted molar refractivity (Wildman–Crippen MR) is 62.1 cm³/mol. The summed E-state index contributed by atoms with van der Waals surface area (Å²) in [7, 11) is 0. The van der Waals surface area contributed by atoms with Crippen molar-refractivity contribution < 1.29 is 0 Å². The van der Waals surface area contributed by atoms with Gasteiger partial charge in [-0.05, 0) is 43.5 Å². The Morgan fingerprint density at radius 2 is 1.93 bits per heavy atom. The molecule has 0 unspecified atom stereocenters. The van der Waals surface area contributed by atoms with Crippen molar-refractivity contribution in [3.05, 3.63) is 34.5 Å². The molecule has 14 heavy (non-hydrogen) atoms. The lowest BCUT2D eigenvalue weighted by molar-refractivity contribution is 1.24. The van der Waals surface area contributed by atoms with Gasteiger partial charge in [-0.1, -0.05) is 6.07 Å². The molecule has 0 amide bonds. The monoisotopic (exact) mass is 207 g/mol. The molecule has 0 radical (unpaired) electrons. The number of hydrogen-bond donors (Lipinski definition) is 1. The fourth-order valence-electron chi connectivity index (χ4n) is 1.94. The third kappa shape index (κ3) is 1.24. The summed E-state index contributed by atoms with van der Waals surface area (Å²) in [5.74, 6) is 0.579. The van der Waals surface area contributed by atoms with Crippen LogP contribution in [0.15, 0.2) is 12.1 Å². The van der Waals surface area contributed by atoms with Gasteiger partial charge in [-0.25, -0.2) is 0 Å². The minimum atomic E-state index is 0.579. The third-order valence-electron chi connectivity index (χ3n) is 2.95. The second kappa shape index (κ2) is 3.32. The quantitative estimate of drug-likeness (QED) is 0.685. The second-order valence-corrected chi connectivity index (χ2v) is 4.06. The predicted octanol–water partition coefficient (Wildman–Crippen LogP) is 3.83. The van der Waals surface area contributed by atoms with E-state index in [0.717, 1.165) is 0 Å². The maximum absolute atomic E-state index is 5.96. The fourth-order valence-corrected chi connectivity index (χ4v) is 2.27. The molecule has 0 saturated heterocycles. The van der Waals surface area contributed by atoms with Crippen molar-refractivity contribution >= 4 is 22.5 Å². The van der Waals surface area contributed by atoms with E-state index in [4.69, 9.17) is 11.6 Å². The summed E-state index contributed by atoms with van der Waals surface area (Å²) >= 11 is 5.96. The first-order valence-corrected chi connectivity index (χ1v) is 5.32. The van der Waals surface area contributed by atoms with Gasteiger partial charge in [0.15, 0.2) is 0 Å². The van der Waals surface area contributed by atoms with Gasteiger partial charge < -0.3 is 4.98 Å². The molecule has 0 aliphatic carbocycles. The first-order chi connectivity index (χ1) is 6.65. The zero-order valence-electron chi connectivity index (χ0n) is 8.74. The molecule has 0 atom stereocenters. The van der Waals surface area contributed by atoms with E-state index < -0.39 is 0 Å². The van der Waals surface area contributed by atoms with Crippen molar-refractivity contribution in [2.75, 3.05) is 0 Å². The van der Waals surface area contributed by atoms with Crippen molar-refractivity contribution in [3.8, 4) is 0 Å². The molecular weight excluding hydrogens is 194 g/mol. The number of alkyl halides is 1. The van der Waals surface area contributed by atoms with Crippen LogP contribution in [0, 0.1) is 20.8 Å². The van der Waals surface area contributed by atoms with Crippen molar-refractivity contribution in [2.45, 2.75) is 26.7 Å². The number of hydrogen-bond acceptors (Lipinski definition) is 0. The average Bonchev–Trinajstić information content (AvgIpc) is 2.48. The Labute approximate surface area is 89.1 Å². The molecule has 0 bridgehead atoms. The molecule has 0 aliphatic heterocycles. The number of halogens is 1. The molecule has 2 heteroatoms. The van der Waals surface area contributed by atoms with E-state index in [9.17, 15) is 0 Å². The number of H-pyrrole nitrogens is 1. The maximum Gasteiger partial charge on any atom is 0.0498 e. The summed E-state index contributed by atoms with van der Waals surface area (Å²) in [5.41, 5.74) is 6.28. The van der Waals surface area contributed by atoms with E-state index >= 15 is 0 Å². The topological polar surface area (TPSA) is 15.8 Å². The molecule has 1 aromatic carbocycles. The third-order valence-corrected chi connectivity index (χ3v) is 3.21. The van der Waals surface area contributed by atoms with Crippen LogP contribution in [0.5, 0.6) is 0 Å². The standard InChI is InChI=1S/C12H14ClN/c1-7-4-5-11-12(8(7)2)10(6-13)9(3)14-11/h4-5,14H,6H2,1-3H3. The Bertz CT molecular complexity index is 483. The summed E-state index contributed by atoms with van der Waals surface area (Å²) in [6.45, 7) is 6.36. The van der Waals surface area contributed by atoms with Crippen LogP contribution in [0.25, 0.3) is 10.9 Å². The SMILES string of the molecule is Cc1ccc2[nH]c(C)c(CCl)c2c1C. The molecule has 1 nitrogen and oxygen atoms in total. The number of benzene rings is 1. The van der Waals surface area contributed by atoms with Gasteiger partial charge >= 0.3 is 0 Å². The lowest BCUT2D eigenvalue weighted by Gasteiger charge is -2.03. The van der Waals surface area contributed by atoms with Gasteiger partial charge in [-0.3, -0.25) is 0 Å². The van der Waals surface area contributed by atoms with Gasteiger partial charge in [0.1, 0.15) is 0 Å². The van der Waals surface area contributed by atoms with Gasteiger partial charge in [0.25, 0.3) is 0 Å². The Balaban J connectivity index is 2.90. The number of aryl methyl sites for hydroxylation is 3. The highest BCUT2D eigenvalue weighted by Gasteiger charge is 2.10. The Morgan fingerprint density at radius 1 is 1.21 bits per heavy atom. The van der Waals surface area contributed by atoms with Crippen LogP contribution in [-0.2, 0) is 5.88 Å². The minimum Gasteiger partial charge on any atom is -0.358 e. The summed E-state index contributed by atoms with van der Waals surface area (Å²) in [5, 5.41) is 1.30. The largest absolute Gasteiger partial charge is 0.358 e. The van der Waals surface area contributed by atoms with E-state index in [-0.39, 0.29) is 0 Å². The molecule has 1 heterocycles. The van der Waals surface area contributed by atoms with Gasteiger partial charge in [-0.15, -0.1) is 11.6 Å². The molecule has 2 aromatic rings. The molecule has 1 N–H and O–H groups in total. The van der Waals surface area contributed by atoms with E-state index in [1.165, 1.54) is 33.3 Å². The maximum atomic E-state index is 5.96. The minimum absolute atomic E-state index is 0.579. The number of nitrogens with one attached hydrogen (secondary N) is 1. The molecule has 2 rings (SSSR count). The summed E-state index contributed by atoms with van der Waals surface area (Å²) in [6.07, 6.45) is 0. The number of fused-ring (bicyclic) bond motifs is 1. The highest BCUT2D eigenvalue weighted by molar-refractivity contribution is 6.18. The lowest BCUT2D eigenvalue weighted by atomic mass is 10.0. The Hall–Kier alpha value is -0.950. The van der Waals surface area contributed by atoms with Crippen molar-refractivity contribution in [1.29, 1.82) is 0 Å². The van der Waals surface area contributed by atoms with Crippen LogP contribution in [-0.4, -0.2) is 4.98 Å². The molecule has 74 valence electrons. The molecule has 0 saturated carbocycles. The van der Waals surface area contributed by atoms with Crippen LogP contribution < -0.4 is 0 Å². The number of aromatic nitrogens is 1. The fraction of sp³-hybridized carbons (Fsp3) is 0.333. The van der Waals surface area contributed by atoms with Crippen LogP contribution in [0.3, 0.4) is 0 Å². The first-order valence-electron chi connectivity index (χ1n) is 4.78. The van der Waals surface area contributed by atoms with Gasteiger partial charge in [-0.2, -0.15) is 0 Å². The van der Waals surface area contributed by atoms with E-state index in [1.807, 2.05) is 0 Å².